The molecule has 0 aliphatic rings. The summed E-state index contributed by atoms with van der Waals surface area (Å²) in [7, 11) is 1.49. The van der Waals surface area contributed by atoms with Crippen LogP contribution in [0.1, 0.15) is 23.1 Å². The number of hydrogen-bond donors (Lipinski definition) is 1. The second-order valence-corrected chi connectivity index (χ2v) is 3.24. The second kappa shape index (κ2) is 4.70. The maximum absolute atomic E-state index is 10.8. The molecular weight excluding hydrogens is 198 g/mol. The number of ether oxygens (including phenoxy) is 1. The van der Waals surface area contributed by atoms with Crippen molar-refractivity contribution in [1.29, 1.82) is 0 Å². The van der Waals surface area contributed by atoms with E-state index in [1.807, 2.05) is 6.92 Å². The summed E-state index contributed by atoms with van der Waals surface area (Å²) in [5.74, 6) is -1.10. The van der Waals surface area contributed by atoms with Crippen LogP contribution in [0.5, 0.6) is 0 Å². The monoisotopic (exact) mass is 211 g/mol. The molecule has 0 fully saturated rings. The zero-order valence-corrected chi connectivity index (χ0v) is 8.73. The molecule has 0 atom stereocenters. The molecule has 1 heterocycles. The fourth-order valence-electron chi connectivity index (χ4n) is 1.16. The molecular formula is C9H13N3O3. The standard InChI is InChI=1S/C9H13N3O3/c1-6(2)4-12-7(5-15-3)8(9(13)14)10-11-12/h1,4-5H2,2-3H3,(H,13,14). The third-order valence-electron chi connectivity index (χ3n) is 1.74. The van der Waals surface area contributed by atoms with Gasteiger partial charge < -0.3 is 9.84 Å². The first-order valence-electron chi connectivity index (χ1n) is 4.35. The average molecular weight is 211 g/mol. The zero-order chi connectivity index (χ0) is 11.4. The molecule has 0 amide bonds. The van der Waals surface area contributed by atoms with Crippen molar-refractivity contribution < 1.29 is 14.6 Å². The summed E-state index contributed by atoms with van der Waals surface area (Å²) >= 11 is 0. The van der Waals surface area contributed by atoms with Gasteiger partial charge in [0.15, 0.2) is 5.69 Å². The highest BCUT2D eigenvalue weighted by molar-refractivity contribution is 5.86. The van der Waals surface area contributed by atoms with Gasteiger partial charge in [0.2, 0.25) is 0 Å². The van der Waals surface area contributed by atoms with Crippen LogP contribution in [0.2, 0.25) is 0 Å². The Morgan fingerprint density at radius 1 is 1.67 bits per heavy atom. The molecule has 1 aromatic heterocycles. The Labute approximate surface area is 87.2 Å². The van der Waals surface area contributed by atoms with Crippen molar-refractivity contribution in [3.05, 3.63) is 23.5 Å². The molecule has 0 aliphatic heterocycles. The fourth-order valence-corrected chi connectivity index (χ4v) is 1.16. The van der Waals surface area contributed by atoms with Gasteiger partial charge in [-0.15, -0.1) is 5.10 Å². The molecule has 82 valence electrons. The van der Waals surface area contributed by atoms with Crippen molar-refractivity contribution in [1.82, 2.24) is 15.0 Å². The van der Waals surface area contributed by atoms with E-state index in [2.05, 4.69) is 16.9 Å². The lowest BCUT2D eigenvalue weighted by molar-refractivity contribution is 0.0684. The first-order chi connectivity index (χ1) is 7.06. The van der Waals surface area contributed by atoms with Gasteiger partial charge in [-0.05, 0) is 6.92 Å². The van der Waals surface area contributed by atoms with Crippen molar-refractivity contribution in [3.8, 4) is 0 Å². The average Bonchev–Trinajstić information content (AvgIpc) is 2.48. The number of carbonyl (C=O) groups is 1. The number of carboxylic acid groups (broad SMARTS) is 1. The summed E-state index contributed by atoms with van der Waals surface area (Å²) in [6.07, 6.45) is 0. The minimum Gasteiger partial charge on any atom is -0.476 e. The summed E-state index contributed by atoms with van der Waals surface area (Å²) in [6, 6.07) is 0. The largest absolute Gasteiger partial charge is 0.476 e. The molecule has 15 heavy (non-hydrogen) atoms. The van der Waals surface area contributed by atoms with E-state index in [0.29, 0.717) is 12.2 Å². The zero-order valence-electron chi connectivity index (χ0n) is 8.73. The SMILES string of the molecule is C=C(C)Cn1nnc(C(=O)O)c1COC. The maximum atomic E-state index is 10.8. The predicted octanol–water partition coefficient (Wildman–Crippen LogP) is 0.699. The molecule has 0 aromatic carbocycles. The third-order valence-corrected chi connectivity index (χ3v) is 1.74. The Balaban J connectivity index is 3.05. The van der Waals surface area contributed by atoms with E-state index >= 15 is 0 Å². The molecule has 0 saturated carbocycles. The van der Waals surface area contributed by atoms with Crippen LogP contribution in [0.3, 0.4) is 0 Å². The van der Waals surface area contributed by atoms with Crippen LogP contribution < -0.4 is 0 Å². The van der Waals surface area contributed by atoms with E-state index in [-0.39, 0.29) is 12.3 Å². The van der Waals surface area contributed by atoms with Crippen molar-refractivity contribution >= 4 is 5.97 Å². The Bertz CT molecular complexity index is 384. The Kier molecular flexibility index (Phi) is 3.56. The molecule has 0 unspecified atom stereocenters. The van der Waals surface area contributed by atoms with Gasteiger partial charge in [0.25, 0.3) is 0 Å². The number of aromatic nitrogens is 3. The minimum absolute atomic E-state index is 0.0712. The molecule has 1 aromatic rings. The van der Waals surface area contributed by atoms with Gasteiger partial charge in [0.1, 0.15) is 0 Å². The van der Waals surface area contributed by atoms with Gasteiger partial charge in [-0.2, -0.15) is 0 Å². The highest BCUT2D eigenvalue weighted by atomic mass is 16.5. The molecule has 0 spiro atoms. The van der Waals surface area contributed by atoms with Crippen LogP contribution in [-0.4, -0.2) is 33.2 Å². The van der Waals surface area contributed by atoms with E-state index in [4.69, 9.17) is 9.84 Å². The number of rotatable bonds is 5. The normalized spacial score (nSPS) is 10.3. The highest BCUT2D eigenvalue weighted by Crippen LogP contribution is 2.08. The molecule has 6 nitrogen and oxygen atoms in total. The van der Waals surface area contributed by atoms with Gasteiger partial charge in [0, 0.05) is 7.11 Å². The molecule has 0 aliphatic carbocycles. The van der Waals surface area contributed by atoms with Crippen LogP contribution in [0, 0.1) is 0 Å². The third kappa shape index (κ3) is 2.63. The lowest BCUT2D eigenvalue weighted by atomic mass is 10.3. The lowest BCUT2D eigenvalue weighted by Gasteiger charge is -2.05. The smallest absolute Gasteiger partial charge is 0.358 e. The van der Waals surface area contributed by atoms with Crippen molar-refractivity contribution in [2.24, 2.45) is 0 Å². The van der Waals surface area contributed by atoms with E-state index < -0.39 is 5.97 Å². The summed E-state index contributed by atoms with van der Waals surface area (Å²) in [6.45, 7) is 6.17. The molecule has 1 rings (SSSR count). The predicted molar refractivity (Wildman–Crippen MR) is 52.5 cm³/mol. The number of allylic oxidation sites excluding steroid dienone is 1. The van der Waals surface area contributed by atoms with E-state index in [0.717, 1.165) is 5.57 Å². The van der Waals surface area contributed by atoms with Crippen molar-refractivity contribution in [2.45, 2.75) is 20.1 Å². The van der Waals surface area contributed by atoms with Crippen LogP contribution in [0.15, 0.2) is 12.2 Å². The first-order valence-corrected chi connectivity index (χ1v) is 4.35. The van der Waals surface area contributed by atoms with Crippen LogP contribution in [0.4, 0.5) is 0 Å². The van der Waals surface area contributed by atoms with Crippen LogP contribution in [-0.2, 0) is 17.9 Å². The molecule has 6 heteroatoms. The summed E-state index contributed by atoms with van der Waals surface area (Å²) in [4.78, 5) is 10.8. The fraction of sp³-hybridized carbons (Fsp3) is 0.444. The van der Waals surface area contributed by atoms with Crippen molar-refractivity contribution in [3.63, 3.8) is 0 Å². The Hall–Kier alpha value is -1.69. The molecule has 0 bridgehead atoms. The van der Waals surface area contributed by atoms with Crippen molar-refractivity contribution in [2.75, 3.05) is 7.11 Å². The first kappa shape index (κ1) is 11.4. The number of methoxy groups -OCH3 is 1. The topological polar surface area (TPSA) is 77.2 Å². The number of nitrogens with zero attached hydrogens (tertiary/aromatic N) is 3. The Morgan fingerprint density at radius 2 is 2.33 bits per heavy atom. The Morgan fingerprint density at radius 3 is 2.80 bits per heavy atom. The number of hydrogen-bond acceptors (Lipinski definition) is 4. The van der Waals surface area contributed by atoms with E-state index in [9.17, 15) is 4.79 Å². The van der Waals surface area contributed by atoms with E-state index in [1.54, 1.807) is 0 Å². The second-order valence-electron chi connectivity index (χ2n) is 3.24. The van der Waals surface area contributed by atoms with Crippen LogP contribution >= 0.6 is 0 Å². The maximum Gasteiger partial charge on any atom is 0.358 e. The molecule has 0 radical (unpaired) electrons. The number of carboxylic acids is 1. The lowest BCUT2D eigenvalue weighted by Crippen LogP contribution is -2.09. The quantitative estimate of drug-likeness (QED) is 0.725. The van der Waals surface area contributed by atoms with Gasteiger partial charge in [-0.1, -0.05) is 17.4 Å². The highest BCUT2D eigenvalue weighted by Gasteiger charge is 2.18. The van der Waals surface area contributed by atoms with Gasteiger partial charge in [-0.25, -0.2) is 9.48 Å². The summed E-state index contributed by atoms with van der Waals surface area (Å²) in [5, 5.41) is 16.2. The number of aromatic carboxylic acids is 1. The van der Waals surface area contributed by atoms with E-state index in [1.165, 1.54) is 11.8 Å². The van der Waals surface area contributed by atoms with Gasteiger partial charge in [0.05, 0.1) is 18.8 Å². The van der Waals surface area contributed by atoms with Gasteiger partial charge in [-0.3, -0.25) is 0 Å². The summed E-state index contributed by atoms with van der Waals surface area (Å²) in [5.41, 5.74) is 1.25. The summed E-state index contributed by atoms with van der Waals surface area (Å²) < 4.78 is 6.39. The molecule has 1 N–H and O–H groups in total. The minimum atomic E-state index is -1.10. The van der Waals surface area contributed by atoms with Gasteiger partial charge >= 0.3 is 5.97 Å². The molecule has 0 saturated heterocycles. The van der Waals surface area contributed by atoms with Crippen LogP contribution in [0.25, 0.3) is 0 Å².